The molecule has 0 spiro atoms. The van der Waals surface area contributed by atoms with Crippen molar-refractivity contribution in [3.8, 4) is 22.5 Å². The standard InChI is InChI=1S/C47H48ClF3N6O2.C28H34ClF3N6O2/c1-5-40-25-42(26-41(6-2)57(40)45(58)59-32(3)4)56(29-33-22-38(47(49,50)51)24-39(48)23-33)44-52-27-34(28-53-44)43-30-55(31-54-43)46(35-16-10-7-11-17-35,36-18-12-8-13-19-36)37-20-14-9-15-21-37;1-5-22-10-24(11-23(6-2)38(22)27(39)40-17(3)4)37(15-18-7-20(28(30,31)32)9-21(29)8-18)26-34-12-19(13-35-26)25-14-33-16-36-25/h7-24,27-28,30-32,40-42H,5-6,25-26,29H2,1-4H3;7-9,12-14,16-17,22-24H,5-6,10-11,15H2,1-4H3,(H,33,36)/t40-,41+,42?;22-,23+,24?. The number of hydrogen-bond acceptors (Lipinski definition) is 12. The smallest absolute Gasteiger partial charge is 0.416 e. The highest BCUT2D eigenvalue weighted by molar-refractivity contribution is 6.31. The molecule has 2 saturated heterocycles. The second-order valence-corrected chi connectivity index (χ2v) is 26.5. The van der Waals surface area contributed by atoms with Crippen LogP contribution in [-0.4, -0.2) is 110 Å². The predicted octanol–water partition coefficient (Wildman–Crippen LogP) is 18.5. The summed E-state index contributed by atoms with van der Waals surface area (Å²) in [7, 11) is 0. The van der Waals surface area contributed by atoms with Gasteiger partial charge in [0.15, 0.2) is 0 Å². The number of rotatable bonds is 20. The SMILES string of the molecule is CC[C@@H]1CC(N(Cc2cc(Cl)cc(C(F)(F)F)c2)c2ncc(-c3cn(C(c4ccccc4)(c4ccccc4)c4ccccc4)cn3)cn2)C[C@H](CC)N1C(=O)OC(C)C.CC[C@@H]1CC(N(Cc2cc(Cl)cc(C(F)(F)F)c2)c2ncc(-c3cnc[nH]3)cn2)C[C@H](CC)N1C(=O)OC(C)C. The van der Waals surface area contributed by atoms with E-state index >= 15 is 0 Å². The molecule has 16 nitrogen and oxygen atoms in total. The summed E-state index contributed by atoms with van der Waals surface area (Å²) in [6.07, 6.45) is 8.43. The Morgan fingerprint density at radius 3 is 1.23 bits per heavy atom. The van der Waals surface area contributed by atoms with Crippen LogP contribution in [-0.2, 0) is 40.5 Å². The molecule has 0 radical (unpaired) electrons. The molecule has 1 N–H and O–H groups in total. The van der Waals surface area contributed by atoms with Gasteiger partial charge in [-0.05, 0) is 143 Å². The first-order chi connectivity index (χ1) is 47.4. The average Bonchev–Trinajstić information content (AvgIpc) is 1.73. The van der Waals surface area contributed by atoms with Crippen LogP contribution in [0.1, 0.15) is 146 Å². The fourth-order valence-corrected chi connectivity index (χ4v) is 14.3. The number of ether oxygens (including phenoxy) is 2. The van der Waals surface area contributed by atoms with Crippen molar-refractivity contribution in [1.82, 2.24) is 49.3 Å². The molecule has 0 saturated carbocycles. The first kappa shape index (κ1) is 72.7. The summed E-state index contributed by atoms with van der Waals surface area (Å²) in [5.74, 6) is 0.728. The molecule has 5 aromatic carbocycles. The number of piperidine rings is 2. The molecule has 2 amide bonds. The van der Waals surface area contributed by atoms with Gasteiger partial charge in [-0.3, -0.25) is 0 Å². The van der Waals surface area contributed by atoms with E-state index < -0.39 is 29.0 Å². The number of likely N-dealkylation sites (tertiary alicyclic amines) is 2. The first-order valence-electron chi connectivity index (χ1n) is 33.5. The molecule has 2 unspecified atom stereocenters. The number of aromatic amines is 1. The van der Waals surface area contributed by atoms with Crippen molar-refractivity contribution in [2.45, 2.75) is 186 Å². The van der Waals surface area contributed by atoms with Crippen LogP contribution in [0.15, 0.2) is 177 Å². The number of carbonyl (C=O) groups excluding carboxylic acids is 2. The molecule has 24 heteroatoms. The highest BCUT2D eigenvalue weighted by Gasteiger charge is 2.44. The summed E-state index contributed by atoms with van der Waals surface area (Å²) in [5.41, 5.74) is 4.32. The lowest BCUT2D eigenvalue weighted by atomic mass is 9.77. The molecule has 0 aliphatic carbocycles. The number of alkyl halides is 6. The number of halogens is 8. The average molecular weight is 1400 g/mol. The lowest BCUT2D eigenvalue weighted by Gasteiger charge is -2.47. The van der Waals surface area contributed by atoms with E-state index in [0.717, 1.165) is 52.2 Å². The van der Waals surface area contributed by atoms with Gasteiger partial charge in [-0.2, -0.15) is 26.3 Å². The number of amides is 2. The molecule has 99 heavy (non-hydrogen) atoms. The van der Waals surface area contributed by atoms with Gasteiger partial charge in [-0.1, -0.05) is 142 Å². The van der Waals surface area contributed by atoms with Gasteiger partial charge >= 0.3 is 24.5 Å². The number of anilines is 2. The summed E-state index contributed by atoms with van der Waals surface area (Å²) in [4.78, 5) is 64.8. The van der Waals surface area contributed by atoms with E-state index in [4.69, 9.17) is 47.6 Å². The second kappa shape index (κ2) is 31.9. The topological polar surface area (TPSA) is 164 Å². The number of hydrogen-bond donors (Lipinski definition) is 1. The van der Waals surface area contributed by atoms with Gasteiger partial charge in [-0.15, -0.1) is 0 Å². The van der Waals surface area contributed by atoms with Crippen LogP contribution in [0.4, 0.5) is 47.8 Å². The fourth-order valence-electron chi connectivity index (χ4n) is 13.8. The lowest BCUT2D eigenvalue weighted by molar-refractivity contribution is -0.138. The molecule has 522 valence electrons. The maximum Gasteiger partial charge on any atom is 0.416 e. The minimum absolute atomic E-state index is 0.00408. The van der Waals surface area contributed by atoms with Crippen LogP contribution in [0.5, 0.6) is 0 Å². The molecule has 6 heterocycles. The Morgan fingerprint density at radius 2 is 0.899 bits per heavy atom. The Hall–Kier alpha value is -9.02. The van der Waals surface area contributed by atoms with E-state index in [1.54, 1.807) is 43.4 Å². The van der Waals surface area contributed by atoms with E-state index in [0.29, 0.717) is 85.6 Å². The van der Waals surface area contributed by atoms with Crippen molar-refractivity contribution in [1.29, 1.82) is 0 Å². The predicted molar refractivity (Wildman–Crippen MR) is 372 cm³/mol. The molecule has 4 aromatic heterocycles. The molecule has 11 rings (SSSR count). The van der Waals surface area contributed by atoms with Gasteiger partial charge < -0.3 is 38.6 Å². The molecule has 2 fully saturated rings. The van der Waals surface area contributed by atoms with Crippen molar-refractivity contribution < 1.29 is 45.4 Å². The van der Waals surface area contributed by atoms with E-state index in [1.807, 2.05) is 142 Å². The van der Waals surface area contributed by atoms with Crippen LogP contribution >= 0.6 is 23.2 Å². The normalized spacial score (nSPS) is 18.2. The molecule has 9 aromatic rings. The molecular formula is C75H82Cl2F6N12O4. The summed E-state index contributed by atoms with van der Waals surface area (Å²) in [6, 6.07) is 37.2. The number of carbonyl (C=O) groups is 2. The van der Waals surface area contributed by atoms with Gasteiger partial charge in [0.1, 0.15) is 5.54 Å². The van der Waals surface area contributed by atoms with E-state index in [9.17, 15) is 35.9 Å². The maximum absolute atomic E-state index is 14.0. The van der Waals surface area contributed by atoms with Crippen LogP contribution < -0.4 is 9.80 Å². The summed E-state index contributed by atoms with van der Waals surface area (Å²) < 4.78 is 96.1. The zero-order chi connectivity index (χ0) is 70.8. The summed E-state index contributed by atoms with van der Waals surface area (Å²) in [5, 5.41) is -0.00672. The Labute approximate surface area is 583 Å². The van der Waals surface area contributed by atoms with E-state index in [2.05, 4.69) is 60.9 Å². The Balaban J connectivity index is 0.000000231. The largest absolute Gasteiger partial charge is 0.447 e. The van der Waals surface area contributed by atoms with Crippen LogP contribution in [0, 0.1) is 0 Å². The van der Waals surface area contributed by atoms with Crippen molar-refractivity contribution in [3.05, 3.63) is 226 Å². The third kappa shape index (κ3) is 17.0. The van der Waals surface area contributed by atoms with Crippen LogP contribution in [0.3, 0.4) is 0 Å². The molecule has 2 aliphatic heterocycles. The Morgan fingerprint density at radius 1 is 0.525 bits per heavy atom. The van der Waals surface area contributed by atoms with E-state index in [1.165, 1.54) is 6.07 Å². The number of imidazole rings is 2. The van der Waals surface area contributed by atoms with E-state index in [-0.39, 0.29) is 83.8 Å². The van der Waals surface area contributed by atoms with Gasteiger partial charge in [0.25, 0.3) is 0 Å². The number of benzene rings is 5. The molecule has 2 aliphatic rings. The molecular weight excluding hydrogens is 1320 g/mol. The second-order valence-electron chi connectivity index (χ2n) is 25.6. The van der Waals surface area contributed by atoms with Crippen molar-refractivity contribution >= 4 is 47.3 Å². The molecule has 0 bridgehead atoms. The fraction of sp³-hybridized carbons (Fsp3) is 0.387. The van der Waals surface area contributed by atoms with Gasteiger partial charge in [0.05, 0.1) is 53.6 Å². The Kier molecular flexibility index (Phi) is 23.4. The van der Waals surface area contributed by atoms with Gasteiger partial charge in [0, 0.05) is 101 Å². The zero-order valence-corrected chi connectivity index (χ0v) is 58.0. The number of H-pyrrole nitrogens is 1. The monoisotopic (exact) mass is 1400 g/mol. The highest BCUT2D eigenvalue weighted by Crippen LogP contribution is 2.43. The third-order valence-corrected chi connectivity index (χ3v) is 18.8. The maximum atomic E-state index is 14.0. The van der Waals surface area contributed by atoms with Crippen LogP contribution in [0.2, 0.25) is 10.0 Å². The van der Waals surface area contributed by atoms with Gasteiger partial charge in [0.2, 0.25) is 11.9 Å². The minimum Gasteiger partial charge on any atom is -0.447 e. The van der Waals surface area contributed by atoms with Gasteiger partial charge in [-0.25, -0.2) is 39.5 Å². The third-order valence-electron chi connectivity index (χ3n) is 18.3. The first-order valence-corrected chi connectivity index (χ1v) is 34.3. The number of nitrogens with one attached hydrogen (secondary N) is 1. The summed E-state index contributed by atoms with van der Waals surface area (Å²) >= 11 is 12.4. The zero-order valence-electron chi connectivity index (χ0n) is 56.5. The summed E-state index contributed by atoms with van der Waals surface area (Å²) in [6.45, 7) is 15.6. The Bertz CT molecular complexity index is 3950. The van der Waals surface area contributed by atoms with Crippen molar-refractivity contribution in [2.24, 2.45) is 0 Å². The van der Waals surface area contributed by atoms with Crippen LogP contribution in [0.25, 0.3) is 22.5 Å². The minimum atomic E-state index is -4.58. The highest BCUT2D eigenvalue weighted by atomic mass is 35.5. The number of aromatic nitrogens is 8. The quantitative estimate of drug-likeness (QED) is 0.0568. The number of nitrogens with zero attached hydrogens (tertiary/aromatic N) is 11. The van der Waals surface area contributed by atoms with Crippen molar-refractivity contribution in [3.63, 3.8) is 0 Å². The lowest BCUT2D eigenvalue weighted by Crippen LogP contribution is -2.57. The van der Waals surface area contributed by atoms with Crippen molar-refractivity contribution in [2.75, 3.05) is 9.80 Å². The molecule has 6 atom stereocenters.